The number of aromatic nitrogens is 2. The number of fused-ring (bicyclic) bond motifs is 1. The lowest BCUT2D eigenvalue weighted by Crippen LogP contribution is -2.56. The van der Waals surface area contributed by atoms with Crippen molar-refractivity contribution in [1.82, 2.24) is 14.7 Å². The molecule has 0 spiro atoms. The number of hydrogen-bond acceptors (Lipinski definition) is 5. The number of nitrogens with one attached hydrogen (secondary N) is 1. The highest BCUT2D eigenvalue weighted by molar-refractivity contribution is 7.18. The summed E-state index contributed by atoms with van der Waals surface area (Å²) in [7, 11) is 1.37. The highest BCUT2D eigenvalue weighted by Crippen LogP contribution is 2.33. The Bertz CT molecular complexity index is 669. The van der Waals surface area contributed by atoms with Gasteiger partial charge in [0.05, 0.1) is 7.11 Å². The maximum absolute atomic E-state index is 12.5. The molecule has 1 saturated carbocycles. The number of ether oxygens (including phenoxy) is 1. The van der Waals surface area contributed by atoms with E-state index in [-0.39, 0.29) is 11.9 Å². The van der Waals surface area contributed by atoms with Crippen LogP contribution in [0.25, 0.3) is 4.96 Å². The van der Waals surface area contributed by atoms with E-state index in [0.29, 0.717) is 23.6 Å². The molecule has 0 aliphatic heterocycles. The summed E-state index contributed by atoms with van der Waals surface area (Å²) in [6.45, 7) is 2.16. The van der Waals surface area contributed by atoms with Crippen molar-refractivity contribution in [2.24, 2.45) is 5.92 Å². The Kier molecular flexibility index (Phi) is 3.90. The van der Waals surface area contributed by atoms with Gasteiger partial charge < -0.3 is 10.1 Å². The van der Waals surface area contributed by atoms with Crippen LogP contribution >= 0.6 is 11.3 Å². The van der Waals surface area contributed by atoms with Crippen LogP contribution in [-0.2, 0) is 9.53 Å². The maximum Gasteiger partial charge on any atom is 0.331 e. The Hall–Kier alpha value is -1.89. The van der Waals surface area contributed by atoms with Crippen LogP contribution in [-0.4, -0.2) is 33.9 Å². The molecule has 1 aliphatic rings. The van der Waals surface area contributed by atoms with Crippen LogP contribution in [0.4, 0.5) is 0 Å². The lowest BCUT2D eigenvalue weighted by molar-refractivity contribution is -0.150. The quantitative estimate of drug-likeness (QED) is 0.880. The number of carbonyl (C=O) groups excluding carboxylic acids is 2. The van der Waals surface area contributed by atoms with Gasteiger partial charge in [-0.05, 0) is 31.6 Å². The number of hydrogen-bond donors (Lipinski definition) is 1. The predicted octanol–water partition coefficient (Wildman–Crippen LogP) is 2.25. The molecular weight excluding hydrogens is 302 g/mol. The first-order valence-corrected chi connectivity index (χ1v) is 8.19. The second-order valence-corrected chi connectivity index (χ2v) is 6.93. The lowest BCUT2D eigenvalue weighted by Gasteiger charge is -2.37. The van der Waals surface area contributed by atoms with Gasteiger partial charge in [0.1, 0.15) is 10.4 Å². The molecule has 1 fully saturated rings. The number of imidazole rings is 1. The minimum Gasteiger partial charge on any atom is -0.467 e. The predicted molar refractivity (Wildman–Crippen MR) is 82.9 cm³/mol. The third-order valence-electron chi connectivity index (χ3n) is 4.37. The minimum absolute atomic E-state index is 0.240. The lowest BCUT2D eigenvalue weighted by atomic mass is 9.77. The standard InChI is InChI=1S/C15H19N3O3S/c1-10-3-5-15(6-4-10,13(20)21-2)17-12(19)11-9-18-8-7-16-14(18)22-11/h7-10H,3-6H2,1-2H3,(H,17,19). The molecule has 0 atom stereocenters. The van der Waals surface area contributed by atoms with Crippen LogP contribution < -0.4 is 5.32 Å². The molecule has 7 heteroatoms. The number of thiazole rings is 1. The highest BCUT2D eigenvalue weighted by atomic mass is 32.1. The highest BCUT2D eigenvalue weighted by Gasteiger charge is 2.43. The summed E-state index contributed by atoms with van der Waals surface area (Å²) in [4.78, 5) is 30.2. The van der Waals surface area contributed by atoms with E-state index in [4.69, 9.17) is 4.74 Å². The van der Waals surface area contributed by atoms with Crippen molar-refractivity contribution in [3.63, 3.8) is 0 Å². The first-order valence-electron chi connectivity index (χ1n) is 7.37. The summed E-state index contributed by atoms with van der Waals surface area (Å²) in [6.07, 6.45) is 8.27. The number of esters is 1. The Morgan fingerprint density at radius 2 is 2.18 bits per heavy atom. The zero-order valence-electron chi connectivity index (χ0n) is 12.7. The average Bonchev–Trinajstić information content (AvgIpc) is 3.10. The molecule has 1 aliphatic carbocycles. The molecule has 2 heterocycles. The molecule has 0 saturated heterocycles. The topological polar surface area (TPSA) is 72.7 Å². The Morgan fingerprint density at radius 1 is 1.45 bits per heavy atom. The van der Waals surface area contributed by atoms with Gasteiger partial charge in [-0.2, -0.15) is 0 Å². The molecule has 0 aromatic carbocycles. The monoisotopic (exact) mass is 321 g/mol. The van der Waals surface area contributed by atoms with E-state index in [1.165, 1.54) is 18.4 Å². The van der Waals surface area contributed by atoms with Gasteiger partial charge in [0.15, 0.2) is 4.96 Å². The van der Waals surface area contributed by atoms with Crippen molar-refractivity contribution in [1.29, 1.82) is 0 Å². The van der Waals surface area contributed by atoms with Crippen LogP contribution in [0.2, 0.25) is 0 Å². The van der Waals surface area contributed by atoms with Gasteiger partial charge in [-0.1, -0.05) is 18.3 Å². The average molecular weight is 321 g/mol. The van der Waals surface area contributed by atoms with Gasteiger partial charge in [0, 0.05) is 18.6 Å². The van der Waals surface area contributed by atoms with E-state index in [9.17, 15) is 9.59 Å². The van der Waals surface area contributed by atoms with E-state index in [2.05, 4.69) is 17.2 Å². The number of carbonyl (C=O) groups is 2. The molecule has 2 aromatic heterocycles. The van der Waals surface area contributed by atoms with Gasteiger partial charge in [0.2, 0.25) is 0 Å². The van der Waals surface area contributed by atoms with Crippen molar-refractivity contribution in [2.45, 2.75) is 38.1 Å². The van der Waals surface area contributed by atoms with Gasteiger partial charge >= 0.3 is 5.97 Å². The number of methoxy groups -OCH3 is 1. The fraction of sp³-hybridized carbons (Fsp3) is 0.533. The van der Waals surface area contributed by atoms with E-state index in [0.717, 1.165) is 17.8 Å². The molecule has 118 valence electrons. The molecule has 0 radical (unpaired) electrons. The Morgan fingerprint density at radius 3 is 2.82 bits per heavy atom. The van der Waals surface area contributed by atoms with Crippen LogP contribution in [0.3, 0.4) is 0 Å². The third kappa shape index (κ3) is 2.61. The van der Waals surface area contributed by atoms with Gasteiger partial charge in [-0.3, -0.25) is 9.20 Å². The number of amides is 1. The Balaban J connectivity index is 1.82. The molecule has 0 unspecified atom stereocenters. The van der Waals surface area contributed by atoms with Crippen LogP contribution in [0, 0.1) is 5.92 Å². The smallest absolute Gasteiger partial charge is 0.331 e. The van der Waals surface area contributed by atoms with Crippen LogP contribution in [0.1, 0.15) is 42.3 Å². The van der Waals surface area contributed by atoms with Crippen molar-refractivity contribution in [3.8, 4) is 0 Å². The molecule has 0 bridgehead atoms. The van der Waals surface area contributed by atoms with Crippen molar-refractivity contribution in [2.75, 3.05) is 7.11 Å². The summed E-state index contributed by atoms with van der Waals surface area (Å²) in [5, 5.41) is 2.93. The van der Waals surface area contributed by atoms with E-state index in [1.807, 2.05) is 0 Å². The van der Waals surface area contributed by atoms with Gasteiger partial charge in [-0.25, -0.2) is 9.78 Å². The Labute approximate surface area is 132 Å². The first kappa shape index (κ1) is 15.0. The molecular formula is C15H19N3O3S. The summed E-state index contributed by atoms with van der Waals surface area (Å²) >= 11 is 1.31. The van der Waals surface area contributed by atoms with E-state index < -0.39 is 5.54 Å². The molecule has 6 nitrogen and oxygen atoms in total. The SMILES string of the molecule is COC(=O)C1(NC(=O)c2cn3ccnc3s2)CCC(C)CC1. The zero-order valence-corrected chi connectivity index (χ0v) is 13.5. The van der Waals surface area contributed by atoms with Crippen LogP contribution in [0.15, 0.2) is 18.6 Å². The molecule has 2 aromatic rings. The van der Waals surface area contributed by atoms with E-state index >= 15 is 0 Å². The summed E-state index contributed by atoms with van der Waals surface area (Å²) in [5.41, 5.74) is -0.898. The zero-order chi connectivity index (χ0) is 15.7. The fourth-order valence-electron chi connectivity index (χ4n) is 2.94. The molecule has 1 amide bonds. The van der Waals surface area contributed by atoms with Crippen molar-refractivity contribution in [3.05, 3.63) is 23.5 Å². The van der Waals surface area contributed by atoms with Crippen molar-refractivity contribution < 1.29 is 14.3 Å². The molecule has 22 heavy (non-hydrogen) atoms. The first-order chi connectivity index (χ1) is 10.5. The van der Waals surface area contributed by atoms with Gasteiger partial charge in [0.25, 0.3) is 5.91 Å². The second-order valence-electron chi connectivity index (χ2n) is 5.92. The fourth-order valence-corrected chi connectivity index (χ4v) is 3.78. The number of rotatable bonds is 3. The molecule has 1 N–H and O–H groups in total. The summed E-state index contributed by atoms with van der Waals surface area (Å²) in [5.74, 6) is -0.0238. The van der Waals surface area contributed by atoms with Crippen LogP contribution in [0.5, 0.6) is 0 Å². The van der Waals surface area contributed by atoms with E-state index in [1.54, 1.807) is 23.0 Å². The second kappa shape index (κ2) is 5.72. The molecule has 3 rings (SSSR count). The largest absolute Gasteiger partial charge is 0.467 e. The maximum atomic E-state index is 12.5. The summed E-state index contributed by atoms with van der Waals surface area (Å²) < 4.78 is 6.74. The summed E-state index contributed by atoms with van der Waals surface area (Å²) in [6, 6.07) is 0. The third-order valence-corrected chi connectivity index (χ3v) is 5.38. The van der Waals surface area contributed by atoms with Crippen molar-refractivity contribution >= 4 is 28.2 Å². The normalized spacial score (nSPS) is 25.1. The number of nitrogens with zero attached hydrogens (tertiary/aromatic N) is 2. The minimum atomic E-state index is -0.898. The van der Waals surface area contributed by atoms with Gasteiger partial charge in [-0.15, -0.1) is 0 Å².